The van der Waals surface area contributed by atoms with Crippen LogP contribution in [-0.2, 0) is 0 Å². The van der Waals surface area contributed by atoms with Gasteiger partial charge in [0, 0.05) is 36.0 Å². The van der Waals surface area contributed by atoms with E-state index in [1.165, 1.54) is 7.11 Å². The van der Waals surface area contributed by atoms with E-state index in [1.807, 2.05) is 18.2 Å². The van der Waals surface area contributed by atoms with Gasteiger partial charge in [0.25, 0.3) is 0 Å². The second-order valence-corrected chi connectivity index (χ2v) is 6.28. The van der Waals surface area contributed by atoms with E-state index < -0.39 is 5.82 Å². The summed E-state index contributed by atoms with van der Waals surface area (Å²) in [6, 6.07) is 12.3. The Labute approximate surface area is 167 Å². The van der Waals surface area contributed by atoms with Crippen molar-refractivity contribution >= 4 is 16.7 Å². The van der Waals surface area contributed by atoms with Crippen molar-refractivity contribution < 1.29 is 13.9 Å². The van der Waals surface area contributed by atoms with Gasteiger partial charge in [-0.25, -0.2) is 14.4 Å². The molecule has 7 heteroatoms. The lowest BCUT2D eigenvalue weighted by atomic mass is 10.0. The number of pyridine rings is 1. The molecule has 4 aromatic rings. The van der Waals surface area contributed by atoms with Crippen molar-refractivity contribution in [3.05, 3.63) is 60.7 Å². The number of nitrogens with zero attached hydrogens (tertiary/aromatic N) is 3. The molecular weight excluding hydrogens is 371 g/mol. The first kappa shape index (κ1) is 18.6. The zero-order chi connectivity index (χ0) is 20.4. The number of anilines is 1. The molecule has 2 aromatic heterocycles. The van der Waals surface area contributed by atoms with Crippen LogP contribution < -0.4 is 14.8 Å². The lowest BCUT2D eigenvalue weighted by molar-refractivity contribution is 0.387. The predicted octanol–water partition coefficient (Wildman–Crippen LogP) is 4.56. The quantitative estimate of drug-likeness (QED) is 0.539. The smallest absolute Gasteiger partial charge is 0.172 e. The van der Waals surface area contributed by atoms with Crippen molar-refractivity contribution in [3.63, 3.8) is 0 Å². The highest BCUT2D eigenvalue weighted by Crippen LogP contribution is 2.37. The molecule has 0 spiro atoms. The molecule has 0 amide bonds. The van der Waals surface area contributed by atoms with E-state index in [0.717, 1.165) is 10.9 Å². The summed E-state index contributed by atoms with van der Waals surface area (Å²) in [5.41, 5.74) is 2.46. The summed E-state index contributed by atoms with van der Waals surface area (Å²) >= 11 is 0. The Balaban J connectivity index is 1.98. The standard InChI is InChI=1S/C22H19FN4O2/c1-24-22-16-10-14(15-7-4-8-17(28-2)19(15)23)11-18(29-3)20(16)26-21(27-22)13-6-5-9-25-12-13/h4-12H,1-3H3,(H,24,26,27). The van der Waals surface area contributed by atoms with Gasteiger partial charge >= 0.3 is 0 Å². The second-order valence-electron chi connectivity index (χ2n) is 6.28. The molecule has 0 atom stereocenters. The van der Waals surface area contributed by atoms with Gasteiger partial charge in [-0.05, 0) is 35.9 Å². The molecular formula is C22H19FN4O2. The molecule has 0 fully saturated rings. The molecule has 0 saturated carbocycles. The third-order valence-corrected chi connectivity index (χ3v) is 4.64. The number of methoxy groups -OCH3 is 2. The molecule has 1 N–H and O–H groups in total. The third kappa shape index (κ3) is 3.31. The topological polar surface area (TPSA) is 69.2 Å². The van der Waals surface area contributed by atoms with Gasteiger partial charge in [-0.3, -0.25) is 4.98 Å². The molecule has 6 nitrogen and oxygen atoms in total. The van der Waals surface area contributed by atoms with Crippen LogP contribution in [0.5, 0.6) is 11.5 Å². The highest BCUT2D eigenvalue weighted by Gasteiger charge is 2.17. The Hall–Kier alpha value is -3.74. The number of fused-ring (bicyclic) bond motifs is 1. The highest BCUT2D eigenvalue weighted by molar-refractivity contribution is 5.97. The predicted molar refractivity (Wildman–Crippen MR) is 111 cm³/mol. The molecule has 0 bridgehead atoms. The summed E-state index contributed by atoms with van der Waals surface area (Å²) in [5, 5.41) is 3.82. The lowest BCUT2D eigenvalue weighted by Crippen LogP contribution is -2.01. The maximum Gasteiger partial charge on any atom is 0.172 e. The van der Waals surface area contributed by atoms with E-state index in [2.05, 4.69) is 20.3 Å². The van der Waals surface area contributed by atoms with E-state index in [0.29, 0.717) is 34.0 Å². The number of aromatic nitrogens is 3. The number of benzene rings is 2. The molecule has 4 rings (SSSR count). The summed E-state index contributed by atoms with van der Waals surface area (Å²) in [4.78, 5) is 13.4. The summed E-state index contributed by atoms with van der Waals surface area (Å²) in [5.74, 6) is 1.39. The van der Waals surface area contributed by atoms with E-state index in [1.54, 1.807) is 50.8 Å². The van der Waals surface area contributed by atoms with Crippen molar-refractivity contribution in [2.45, 2.75) is 0 Å². The molecule has 0 saturated heterocycles. The number of halogens is 1. The number of ether oxygens (including phenoxy) is 2. The maximum atomic E-state index is 14.8. The minimum Gasteiger partial charge on any atom is -0.494 e. The average Bonchev–Trinajstić information content (AvgIpc) is 2.78. The Kier molecular flexibility index (Phi) is 4.95. The van der Waals surface area contributed by atoms with Crippen LogP contribution in [0, 0.1) is 5.82 Å². The monoisotopic (exact) mass is 390 g/mol. The van der Waals surface area contributed by atoms with Crippen molar-refractivity contribution in [2.24, 2.45) is 0 Å². The van der Waals surface area contributed by atoms with Crippen LogP contribution in [0.4, 0.5) is 10.2 Å². The average molecular weight is 390 g/mol. The Morgan fingerprint density at radius 3 is 2.45 bits per heavy atom. The second kappa shape index (κ2) is 7.71. The Morgan fingerprint density at radius 1 is 0.931 bits per heavy atom. The van der Waals surface area contributed by atoms with Gasteiger partial charge in [0.1, 0.15) is 17.1 Å². The van der Waals surface area contributed by atoms with Crippen molar-refractivity contribution in [3.8, 4) is 34.0 Å². The van der Waals surface area contributed by atoms with Crippen LogP contribution >= 0.6 is 0 Å². The highest BCUT2D eigenvalue weighted by atomic mass is 19.1. The normalized spacial score (nSPS) is 10.8. The number of rotatable bonds is 5. The molecule has 29 heavy (non-hydrogen) atoms. The fraction of sp³-hybridized carbons (Fsp3) is 0.136. The molecule has 0 radical (unpaired) electrons. The third-order valence-electron chi connectivity index (χ3n) is 4.64. The van der Waals surface area contributed by atoms with Crippen LogP contribution in [-0.4, -0.2) is 36.2 Å². The molecule has 0 aliphatic heterocycles. The molecule has 0 unspecified atom stereocenters. The summed E-state index contributed by atoms with van der Waals surface area (Å²) in [6.45, 7) is 0. The van der Waals surface area contributed by atoms with Crippen LogP contribution in [0.1, 0.15) is 0 Å². The Bertz CT molecular complexity index is 1180. The van der Waals surface area contributed by atoms with Crippen molar-refractivity contribution in [1.82, 2.24) is 15.0 Å². The number of hydrogen-bond acceptors (Lipinski definition) is 6. The molecule has 2 heterocycles. The van der Waals surface area contributed by atoms with Crippen LogP contribution in [0.2, 0.25) is 0 Å². The van der Waals surface area contributed by atoms with Gasteiger partial charge in [-0.15, -0.1) is 0 Å². The number of hydrogen-bond donors (Lipinski definition) is 1. The van der Waals surface area contributed by atoms with Crippen molar-refractivity contribution in [2.75, 3.05) is 26.6 Å². The first-order chi connectivity index (χ1) is 14.2. The lowest BCUT2D eigenvalue weighted by Gasteiger charge is -2.14. The largest absolute Gasteiger partial charge is 0.494 e. The van der Waals surface area contributed by atoms with E-state index in [4.69, 9.17) is 9.47 Å². The summed E-state index contributed by atoms with van der Waals surface area (Å²) in [7, 11) is 4.78. The van der Waals surface area contributed by atoms with Gasteiger partial charge < -0.3 is 14.8 Å². The first-order valence-corrected chi connectivity index (χ1v) is 8.97. The minimum atomic E-state index is -0.435. The fourth-order valence-electron chi connectivity index (χ4n) is 3.22. The van der Waals surface area contributed by atoms with E-state index in [-0.39, 0.29) is 5.75 Å². The fourth-order valence-corrected chi connectivity index (χ4v) is 3.22. The van der Waals surface area contributed by atoms with Crippen molar-refractivity contribution in [1.29, 1.82) is 0 Å². The Morgan fingerprint density at radius 2 is 1.76 bits per heavy atom. The van der Waals surface area contributed by atoms with Gasteiger partial charge in [-0.2, -0.15) is 0 Å². The maximum absolute atomic E-state index is 14.8. The molecule has 146 valence electrons. The van der Waals surface area contributed by atoms with Gasteiger partial charge in [0.2, 0.25) is 0 Å². The van der Waals surface area contributed by atoms with Crippen LogP contribution in [0.15, 0.2) is 54.9 Å². The zero-order valence-electron chi connectivity index (χ0n) is 16.2. The molecule has 0 aliphatic rings. The first-order valence-electron chi connectivity index (χ1n) is 8.97. The number of nitrogens with one attached hydrogen (secondary N) is 1. The molecule has 0 aliphatic carbocycles. The van der Waals surface area contributed by atoms with E-state index in [9.17, 15) is 4.39 Å². The van der Waals surface area contributed by atoms with E-state index >= 15 is 0 Å². The van der Waals surface area contributed by atoms with Gasteiger partial charge in [-0.1, -0.05) is 12.1 Å². The van der Waals surface area contributed by atoms with Gasteiger partial charge in [0.05, 0.1) is 14.2 Å². The SMILES string of the molecule is CNc1nc(-c2cccnc2)nc2c(OC)cc(-c3cccc(OC)c3F)cc12. The van der Waals surface area contributed by atoms with Crippen LogP contribution in [0.25, 0.3) is 33.4 Å². The summed E-state index contributed by atoms with van der Waals surface area (Å²) < 4.78 is 25.5. The summed E-state index contributed by atoms with van der Waals surface area (Å²) in [6.07, 6.45) is 3.39. The minimum absolute atomic E-state index is 0.179. The zero-order valence-corrected chi connectivity index (χ0v) is 16.2. The molecule has 2 aromatic carbocycles. The van der Waals surface area contributed by atoms with Gasteiger partial charge in [0.15, 0.2) is 17.4 Å². The van der Waals surface area contributed by atoms with Crippen LogP contribution in [0.3, 0.4) is 0 Å².